The molecule has 0 aliphatic heterocycles. The van der Waals surface area contributed by atoms with E-state index in [-0.39, 0.29) is 5.54 Å². The van der Waals surface area contributed by atoms with Crippen LogP contribution in [0.25, 0.3) is 5.65 Å². The third-order valence-corrected chi connectivity index (χ3v) is 4.85. The molecule has 2 aromatic heterocycles. The average molecular weight is 429 g/mol. The first-order chi connectivity index (χ1) is 14.8. The summed E-state index contributed by atoms with van der Waals surface area (Å²) in [7, 11) is 3.30. The summed E-state index contributed by atoms with van der Waals surface area (Å²) in [5.74, 6) is 1.59. The van der Waals surface area contributed by atoms with Crippen molar-refractivity contribution in [3.05, 3.63) is 53.2 Å². The lowest BCUT2D eigenvalue weighted by Crippen LogP contribution is -2.35. The fourth-order valence-electron chi connectivity index (χ4n) is 3.20. The number of nitrogens with zero attached hydrogens (tertiary/aromatic N) is 3. The van der Waals surface area contributed by atoms with E-state index < -0.39 is 0 Å². The summed E-state index contributed by atoms with van der Waals surface area (Å²) < 4.78 is 17.9. The Bertz CT molecular complexity index is 1010. The van der Waals surface area contributed by atoms with Gasteiger partial charge in [-0.05, 0) is 52.3 Å². The van der Waals surface area contributed by atoms with Gasteiger partial charge in [-0.3, -0.25) is 9.20 Å². The van der Waals surface area contributed by atoms with E-state index in [1.165, 1.54) is 0 Å². The number of carbonyl (C=O) groups is 1. The molecule has 3 aromatic rings. The fourth-order valence-corrected chi connectivity index (χ4v) is 3.20. The highest BCUT2D eigenvalue weighted by molar-refractivity contribution is 5.50. The smallest absolute Gasteiger partial charge is 0.207 e. The molecular formula is C23H32N4O4. The maximum Gasteiger partial charge on any atom is 0.207 e. The molecule has 0 fully saturated rings. The SMILES string of the molecule is CCOc1cccc(C(C)(C)NC=O)c1.COCc1c(OC)c(C)nc2c(C)ncn12. The molecular weight excluding hydrogens is 396 g/mol. The highest BCUT2D eigenvalue weighted by Gasteiger charge is 2.19. The summed E-state index contributed by atoms with van der Waals surface area (Å²) >= 11 is 0. The van der Waals surface area contributed by atoms with Gasteiger partial charge in [-0.25, -0.2) is 9.97 Å². The highest BCUT2D eigenvalue weighted by atomic mass is 16.5. The molecule has 31 heavy (non-hydrogen) atoms. The number of carbonyl (C=O) groups excluding carboxylic acids is 1. The first-order valence-corrected chi connectivity index (χ1v) is 10.1. The molecule has 0 saturated carbocycles. The van der Waals surface area contributed by atoms with Gasteiger partial charge in [0.2, 0.25) is 6.41 Å². The van der Waals surface area contributed by atoms with E-state index in [9.17, 15) is 4.79 Å². The van der Waals surface area contributed by atoms with Gasteiger partial charge in [-0.2, -0.15) is 0 Å². The first kappa shape index (κ1) is 24.1. The van der Waals surface area contributed by atoms with Gasteiger partial charge in [0.05, 0.1) is 42.9 Å². The van der Waals surface area contributed by atoms with Crippen molar-refractivity contribution in [2.75, 3.05) is 20.8 Å². The van der Waals surface area contributed by atoms with Crippen molar-refractivity contribution in [1.29, 1.82) is 0 Å². The van der Waals surface area contributed by atoms with Crippen LogP contribution >= 0.6 is 0 Å². The van der Waals surface area contributed by atoms with Crippen LogP contribution in [-0.4, -0.2) is 41.6 Å². The first-order valence-electron chi connectivity index (χ1n) is 10.1. The Kier molecular flexibility index (Phi) is 8.38. The monoisotopic (exact) mass is 428 g/mol. The number of benzene rings is 1. The van der Waals surface area contributed by atoms with Crippen LogP contribution < -0.4 is 14.8 Å². The Morgan fingerprint density at radius 3 is 2.55 bits per heavy atom. The van der Waals surface area contributed by atoms with Crippen LogP contribution in [-0.2, 0) is 21.7 Å². The van der Waals surface area contributed by atoms with Crippen molar-refractivity contribution in [3.8, 4) is 11.5 Å². The van der Waals surface area contributed by atoms with Crippen LogP contribution in [0, 0.1) is 13.8 Å². The molecule has 0 saturated heterocycles. The van der Waals surface area contributed by atoms with Crippen molar-refractivity contribution in [2.45, 2.75) is 46.8 Å². The van der Waals surface area contributed by atoms with Gasteiger partial charge in [0.25, 0.3) is 0 Å². The molecule has 3 rings (SSSR count). The number of nitrogens with one attached hydrogen (secondary N) is 1. The zero-order valence-corrected chi connectivity index (χ0v) is 19.4. The summed E-state index contributed by atoms with van der Waals surface area (Å²) in [6, 6.07) is 7.75. The van der Waals surface area contributed by atoms with Crippen LogP contribution in [0.3, 0.4) is 0 Å². The molecule has 1 aromatic carbocycles. The largest absolute Gasteiger partial charge is 0.494 e. The second-order valence-corrected chi connectivity index (χ2v) is 7.48. The number of hydrogen-bond donors (Lipinski definition) is 1. The zero-order chi connectivity index (χ0) is 23.0. The van der Waals surface area contributed by atoms with Gasteiger partial charge in [0.1, 0.15) is 12.1 Å². The number of amides is 1. The van der Waals surface area contributed by atoms with E-state index in [1.807, 2.05) is 63.3 Å². The molecule has 0 aliphatic rings. The predicted octanol–water partition coefficient (Wildman–Crippen LogP) is 3.57. The van der Waals surface area contributed by atoms with Crippen LogP contribution in [0.2, 0.25) is 0 Å². The quantitative estimate of drug-likeness (QED) is 0.552. The summed E-state index contributed by atoms with van der Waals surface area (Å²) in [4.78, 5) is 19.2. The minimum Gasteiger partial charge on any atom is -0.494 e. The Labute approximate surface area is 183 Å². The summed E-state index contributed by atoms with van der Waals surface area (Å²) in [6.07, 6.45) is 2.46. The van der Waals surface area contributed by atoms with Crippen LogP contribution in [0.15, 0.2) is 30.6 Å². The molecule has 0 atom stereocenters. The number of aromatic nitrogens is 3. The lowest BCUT2D eigenvalue weighted by molar-refractivity contribution is -0.111. The van der Waals surface area contributed by atoms with Gasteiger partial charge >= 0.3 is 0 Å². The minimum absolute atomic E-state index is 0.366. The summed E-state index contributed by atoms with van der Waals surface area (Å²) in [6.45, 7) is 10.8. The molecule has 0 spiro atoms. The van der Waals surface area contributed by atoms with E-state index >= 15 is 0 Å². The molecule has 0 radical (unpaired) electrons. The number of rotatable bonds is 8. The van der Waals surface area contributed by atoms with E-state index in [2.05, 4.69) is 15.3 Å². The Morgan fingerprint density at radius 2 is 1.94 bits per heavy atom. The number of aryl methyl sites for hydroxylation is 2. The number of fused-ring (bicyclic) bond motifs is 1. The van der Waals surface area contributed by atoms with Gasteiger partial charge in [-0.1, -0.05) is 12.1 Å². The van der Waals surface area contributed by atoms with Crippen LogP contribution in [0.4, 0.5) is 0 Å². The molecule has 168 valence electrons. The van der Waals surface area contributed by atoms with Crippen molar-refractivity contribution < 1.29 is 19.0 Å². The van der Waals surface area contributed by atoms with Gasteiger partial charge in [0, 0.05) is 7.11 Å². The summed E-state index contributed by atoms with van der Waals surface area (Å²) in [5.41, 5.74) is 4.21. The van der Waals surface area contributed by atoms with Crippen molar-refractivity contribution in [2.24, 2.45) is 0 Å². The maximum absolute atomic E-state index is 10.5. The molecule has 0 aliphatic carbocycles. The van der Waals surface area contributed by atoms with Crippen LogP contribution in [0.1, 0.15) is 43.4 Å². The predicted molar refractivity (Wildman–Crippen MR) is 120 cm³/mol. The molecule has 1 amide bonds. The van der Waals surface area contributed by atoms with Gasteiger partial charge in [0.15, 0.2) is 11.4 Å². The van der Waals surface area contributed by atoms with Crippen LogP contribution in [0.5, 0.6) is 11.5 Å². The van der Waals surface area contributed by atoms with E-state index in [0.717, 1.165) is 39.8 Å². The molecule has 8 heteroatoms. The maximum atomic E-state index is 10.5. The molecule has 2 heterocycles. The topological polar surface area (TPSA) is 87.0 Å². The molecule has 1 N–H and O–H groups in total. The molecule has 8 nitrogen and oxygen atoms in total. The Balaban J connectivity index is 0.000000221. The van der Waals surface area contributed by atoms with Gasteiger partial charge < -0.3 is 19.5 Å². The molecule has 0 unspecified atom stereocenters. The Hall–Kier alpha value is -3.13. The summed E-state index contributed by atoms with van der Waals surface area (Å²) in [5, 5.41) is 2.77. The minimum atomic E-state index is -0.366. The third kappa shape index (κ3) is 5.73. The third-order valence-electron chi connectivity index (χ3n) is 4.85. The second-order valence-electron chi connectivity index (χ2n) is 7.48. The van der Waals surface area contributed by atoms with E-state index in [0.29, 0.717) is 19.6 Å². The molecule has 0 bridgehead atoms. The highest BCUT2D eigenvalue weighted by Crippen LogP contribution is 2.25. The number of imidazole rings is 1. The number of ether oxygens (including phenoxy) is 3. The van der Waals surface area contributed by atoms with Gasteiger partial charge in [-0.15, -0.1) is 0 Å². The lowest BCUT2D eigenvalue weighted by Gasteiger charge is -2.24. The van der Waals surface area contributed by atoms with Crippen molar-refractivity contribution in [3.63, 3.8) is 0 Å². The number of hydrogen-bond acceptors (Lipinski definition) is 6. The second kappa shape index (κ2) is 10.8. The Morgan fingerprint density at radius 1 is 1.19 bits per heavy atom. The van der Waals surface area contributed by atoms with Crippen molar-refractivity contribution >= 4 is 12.1 Å². The van der Waals surface area contributed by atoms with Crippen molar-refractivity contribution in [1.82, 2.24) is 19.7 Å². The lowest BCUT2D eigenvalue weighted by atomic mass is 9.94. The van der Waals surface area contributed by atoms with E-state index in [4.69, 9.17) is 14.2 Å². The number of methoxy groups -OCH3 is 2. The fraction of sp³-hybridized carbons (Fsp3) is 0.435. The average Bonchev–Trinajstić information content (AvgIpc) is 3.10. The normalized spacial score (nSPS) is 10.9. The zero-order valence-electron chi connectivity index (χ0n) is 19.4. The van der Waals surface area contributed by atoms with E-state index in [1.54, 1.807) is 20.5 Å². The standard InChI is InChI=1S/C12H17NO2.C11H15N3O2/c1-4-15-11-7-5-6-10(8-11)12(2,3)13-9-14;1-7-10(16-4)9(5-15-3)14-6-12-8(2)11(14)13-7/h5-9H,4H2,1-3H3,(H,13,14);6H,5H2,1-4H3.